The van der Waals surface area contributed by atoms with Crippen molar-refractivity contribution >= 4 is 5.97 Å². The van der Waals surface area contributed by atoms with Gasteiger partial charge in [0.1, 0.15) is 0 Å². The first-order chi connectivity index (χ1) is 8.08. The Hall–Kier alpha value is -1.75. The van der Waals surface area contributed by atoms with E-state index in [1.54, 1.807) is 19.1 Å². The van der Waals surface area contributed by atoms with E-state index < -0.39 is 6.04 Å². The molecule has 0 bridgehead atoms. The Morgan fingerprint density at radius 2 is 2.24 bits per heavy atom. The van der Waals surface area contributed by atoms with E-state index in [4.69, 9.17) is 15.2 Å². The normalized spacial score (nSPS) is 11.9. The number of rotatable bonds is 5. The highest BCUT2D eigenvalue weighted by Gasteiger charge is 2.14. The van der Waals surface area contributed by atoms with Crippen molar-refractivity contribution in [3.63, 3.8) is 0 Å². The van der Waals surface area contributed by atoms with Crippen LogP contribution in [-0.4, -0.2) is 24.8 Å². The lowest BCUT2D eigenvalue weighted by atomic mass is 10.0. The molecule has 0 amide bonds. The highest BCUT2D eigenvalue weighted by molar-refractivity contribution is 5.70. The fraction of sp³-hybridized carbons (Fsp3) is 0.417. The van der Waals surface area contributed by atoms with Gasteiger partial charge in [0.25, 0.3) is 0 Å². The Labute approximate surface area is 100 Å². The first-order valence-corrected chi connectivity index (χ1v) is 5.36. The number of carbonyl (C=O) groups is 1. The number of aromatic hydroxyl groups is 1. The van der Waals surface area contributed by atoms with E-state index in [-0.39, 0.29) is 18.1 Å². The number of ether oxygens (including phenoxy) is 2. The van der Waals surface area contributed by atoms with Crippen LogP contribution in [0.2, 0.25) is 0 Å². The van der Waals surface area contributed by atoms with Crippen molar-refractivity contribution in [1.29, 1.82) is 0 Å². The summed E-state index contributed by atoms with van der Waals surface area (Å²) in [7, 11) is 1.47. The van der Waals surface area contributed by atoms with E-state index in [2.05, 4.69) is 0 Å². The third kappa shape index (κ3) is 3.64. The van der Waals surface area contributed by atoms with Gasteiger partial charge in [-0.1, -0.05) is 6.07 Å². The van der Waals surface area contributed by atoms with Crippen molar-refractivity contribution in [3.05, 3.63) is 23.8 Å². The number of phenols is 1. The standard InChI is InChI=1S/C12H17NO4/c1-3-17-12(15)7-9(13)8-4-5-11(16-2)10(14)6-8/h4-6,9,14H,3,7,13H2,1-2H3/t9-/m0/s1. The monoisotopic (exact) mass is 239 g/mol. The van der Waals surface area contributed by atoms with Gasteiger partial charge < -0.3 is 20.3 Å². The van der Waals surface area contributed by atoms with Crippen LogP contribution < -0.4 is 10.5 Å². The van der Waals surface area contributed by atoms with E-state index in [1.165, 1.54) is 13.2 Å². The molecule has 1 aromatic carbocycles. The number of methoxy groups -OCH3 is 1. The summed E-state index contributed by atoms with van der Waals surface area (Å²) in [5.41, 5.74) is 6.50. The van der Waals surface area contributed by atoms with Gasteiger partial charge in [0.2, 0.25) is 0 Å². The van der Waals surface area contributed by atoms with Crippen molar-refractivity contribution in [2.24, 2.45) is 5.73 Å². The predicted octanol–water partition coefficient (Wildman–Crippen LogP) is 1.35. The van der Waals surface area contributed by atoms with Crippen LogP contribution in [0.4, 0.5) is 0 Å². The Kier molecular flexibility index (Phi) is 4.78. The minimum atomic E-state index is -0.495. The van der Waals surface area contributed by atoms with Crippen LogP contribution in [0.25, 0.3) is 0 Å². The Morgan fingerprint density at radius 3 is 2.76 bits per heavy atom. The minimum Gasteiger partial charge on any atom is -0.504 e. The topological polar surface area (TPSA) is 81.8 Å². The van der Waals surface area contributed by atoms with Gasteiger partial charge in [-0.15, -0.1) is 0 Å². The number of hydrogen-bond acceptors (Lipinski definition) is 5. The zero-order chi connectivity index (χ0) is 12.8. The fourth-order valence-corrected chi connectivity index (χ4v) is 1.45. The molecule has 1 rings (SSSR count). The summed E-state index contributed by atoms with van der Waals surface area (Å²) in [5, 5.41) is 9.58. The van der Waals surface area contributed by atoms with Crippen molar-refractivity contribution in [1.82, 2.24) is 0 Å². The summed E-state index contributed by atoms with van der Waals surface area (Å²) in [4.78, 5) is 11.2. The second-order valence-electron chi connectivity index (χ2n) is 3.55. The quantitative estimate of drug-likeness (QED) is 0.758. The number of hydrogen-bond donors (Lipinski definition) is 2. The molecule has 0 aliphatic heterocycles. The minimum absolute atomic E-state index is 0.00399. The molecule has 5 heteroatoms. The van der Waals surface area contributed by atoms with Gasteiger partial charge in [0, 0.05) is 6.04 Å². The zero-order valence-corrected chi connectivity index (χ0v) is 9.97. The molecule has 94 valence electrons. The molecule has 3 N–H and O–H groups in total. The highest BCUT2D eigenvalue weighted by atomic mass is 16.5. The van der Waals surface area contributed by atoms with E-state index in [0.29, 0.717) is 17.9 Å². The number of carbonyl (C=O) groups excluding carboxylic acids is 1. The van der Waals surface area contributed by atoms with Gasteiger partial charge >= 0.3 is 5.97 Å². The van der Waals surface area contributed by atoms with Gasteiger partial charge in [-0.25, -0.2) is 0 Å². The highest BCUT2D eigenvalue weighted by Crippen LogP contribution is 2.29. The van der Waals surface area contributed by atoms with E-state index in [9.17, 15) is 9.90 Å². The third-order valence-electron chi connectivity index (χ3n) is 2.32. The summed E-state index contributed by atoms with van der Waals surface area (Å²) in [6, 6.07) is 4.31. The van der Waals surface area contributed by atoms with Crippen LogP contribution in [0.3, 0.4) is 0 Å². The maximum Gasteiger partial charge on any atom is 0.307 e. The zero-order valence-electron chi connectivity index (χ0n) is 9.97. The second kappa shape index (κ2) is 6.10. The molecule has 0 spiro atoms. The smallest absolute Gasteiger partial charge is 0.307 e. The maximum absolute atomic E-state index is 11.2. The summed E-state index contributed by atoms with van der Waals surface area (Å²) in [6.07, 6.45) is 0.0829. The molecular formula is C12H17NO4. The van der Waals surface area contributed by atoms with Crippen LogP contribution >= 0.6 is 0 Å². The lowest BCUT2D eigenvalue weighted by Crippen LogP contribution is -2.17. The van der Waals surface area contributed by atoms with E-state index >= 15 is 0 Å². The first kappa shape index (κ1) is 13.3. The molecule has 17 heavy (non-hydrogen) atoms. The summed E-state index contributed by atoms with van der Waals surface area (Å²) >= 11 is 0. The second-order valence-corrected chi connectivity index (χ2v) is 3.55. The van der Waals surface area contributed by atoms with Gasteiger partial charge in [-0.3, -0.25) is 4.79 Å². The van der Waals surface area contributed by atoms with Gasteiger partial charge in [0.15, 0.2) is 11.5 Å². The molecule has 0 fully saturated rings. The van der Waals surface area contributed by atoms with Crippen LogP contribution in [0.1, 0.15) is 24.9 Å². The van der Waals surface area contributed by atoms with Crippen LogP contribution in [-0.2, 0) is 9.53 Å². The number of benzene rings is 1. The first-order valence-electron chi connectivity index (χ1n) is 5.36. The summed E-state index contributed by atoms with van der Waals surface area (Å²) < 4.78 is 9.72. The lowest BCUT2D eigenvalue weighted by Gasteiger charge is -2.12. The van der Waals surface area contributed by atoms with Crippen LogP contribution in [0.15, 0.2) is 18.2 Å². The van der Waals surface area contributed by atoms with Crippen molar-refractivity contribution in [3.8, 4) is 11.5 Å². The van der Waals surface area contributed by atoms with Gasteiger partial charge in [0.05, 0.1) is 20.1 Å². The molecule has 0 saturated carbocycles. The molecule has 0 aromatic heterocycles. The predicted molar refractivity (Wildman–Crippen MR) is 62.8 cm³/mol. The van der Waals surface area contributed by atoms with Gasteiger partial charge in [-0.2, -0.15) is 0 Å². The van der Waals surface area contributed by atoms with E-state index in [1.807, 2.05) is 0 Å². The largest absolute Gasteiger partial charge is 0.504 e. The molecule has 0 aliphatic rings. The number of esters is 1. The molecule has 0 unspecified atom stereocenters. The molecule has 1 atom stereocenters. The molecule has 5 nitrogen and oxygen atoms in total. The van der Waals surface area contributed by atoms with Crippen molar-refractivity contribution in [2.45, 2.75) is 19.4 Å². The fourth-order valence-electron chi connectivity index (χ4n) is 1.45. The number of nitrogens with two attached hydrogens (primary N) is 1. The molecular weight excluding hydrogens is 222 g/mol. The SMILES string of the molecule is CCOC(=O)C[C@H](N)c1ccc(OC)c(O)c1. The summed E-state index contributed by atoms with van der Waals surface area (Å²) in [5.74, 6) is 0.0247. The average molecular weight is 239 g/mol. The van der Waals surface area contributed by atoms with Gasteiger partial charge in [-0.05, 0) is 24.6 Å². The molecule has 0 saturated heterocycles. The number of phenolic OH excluding ortho intramolecular Hbond substituents is 1. The Balaban J connectivity index is 2.72. The lowest BCUT2D eigenvalue weighted by molar-refractivity contribution is -0.143. The maximum atomic E-state index is 11.2. The average Bonchev–Trinajstić information content (AvgIpc) is 2.29. The Bertz CT molecular complexity index is 392. The van der Waals surface area contributed by atoms with E-state index in [0.717, 1.165) is 0 Å². The molecule has 0 heterocycles. The van der Waals surface area contributed by atoms with Crippen molar-refractivity contribution < 1.29 is 19.4 Å². The third-order valence-corrected chi connectivity index (χ3v) is 2.32. The molecule has 0 radical (unpaired) electrons. The summed E-state index contributed by atoms with van der Waals surface area (Å²) in [6.45, 7) is 2.07. The van der Waals surface area contributed by atoms with Crippen molar-refractivity contribution in [2.75, 3.05) is 13.7 Å². The van der Waals surface area contributed by atoms with Crippen LogP contribution in [0, 0.1) is 0 Å². The molecule has 0 aliphatic carbocycles. The molecule has 1 aromatic rings. The van der Waals surface area contributed by atoms with Crippen LogP contribution in [0.5, 0.6) is 11.5 Å². The Morgan fingerprint density at radius 1 is 1.53 bits per heavy atom.